The predicted molar refractivity (Wildman–Crippen MR) is 116 cm³/mol. The predicted octanol–water partition coefficient (Wildman–Crippen LogP) is 1.81. The number of benzene rings is 1. The van der Waals surface area contributed by atoms with Gasteiger partial charge >= 0.3 is 6.03 Å². The lowest BCUT2D eigenvalue weighted by molar-refractivity contribution is 0.155. The highest BCUT2D eigenvalue weighted by Gasteiger charge is 2.16. The van der Waals surface area contributed by atoms with Gasteiger partial charge in [-0.1, -0.05) is 0 Å². The Morgan fingerprint density at radius 1 is 1.25 bits per heavy atom. The maximum absolute atomic E-state index is 12.9. The number of likely N-dealkylation sites (N-methyl/N-ethyl adjacent to an activating group) is 2. The van der Waals surface area contributed by atoms with Gasteiger partial charge in [-0.25, -0.2) is 4.79 Å². The Balaban J connectivity index is 0.00000300. The van der Waals surface area contributed by atoms with Gasteiger partial charge in [-0.15, -0.1) is 0 Å². The minimum absolute atomic E-state index is 0. The molecule has 1 aliphatic heterocycles. The van der Waals surface area contributed by atoms with Gasteiger partial charge in [0.15, 0.2) is 0 Å². The van der Waals surface area contributed by atoms with E-state index in [0.717, 1.165) is 62.3 Å². The molecule has 0 radical (unpaired) electrons. The molecule has 7 heteroatoms. The first-order chi connectivity index (χ1) is 13.5. The minimum Gasteiger partial charge on any atom is -0.497 e. The first-order valence-electron chi connectivity index (χ1n) is 9.99. The number of fused-ring (bicyclic) bond motifs is 1. The van der Waals surface area contributed by atoms with E-state index in [2.05, 4.69) is 41.2 Å². The number of ether oxygens (including phenoxy) is 1. The molecule has 1 N–H and O–H groups in total. The van der Waals surface area contributed by atoms with Gasteiger partial charge in [-0.2, -0.15) is 0 Å². The first kappa shape index (κ1) is 20.6. The third kappa shape index (κ3) is 5.04. The van der Waals surface area contributed by atoms with Crippen LogP contribution in [0, 0.1) is 0 Å². The average Bonchev–Trinajstić information content (AvgIpc) is 3.05. The molecule has 1 fully saturated rings. The van der Waals surface area contributed by atoms with E-state index in [9.17, 15) is 4.79 Å². The van der Waals surface area contributed by atoms with Crippen molar-refractivity contribution in [3.05, 3.63) is 30.0 Å². The zero-order chi connectivity index (χ0) is 20.1. The van der Waals surface area contributed by atoms with E-state index in [-0.39, 0.29) is 7.46 Å². The molecule has 1 amide bonds. The maximum Gasteiger partial charge on any atom is 0.326 e. The van der Waals surface area contributed by atoms with Crippen molar-refractivity contribution in [3.8, 4) is 5.75 Å². The summed E-state index contributed by atoms with van der Waals surface area (Å²) in [5.41, 5.74) is 2.07. The number of carbonyl (C=O) groups is 1. The summed E-state index contributed by atoms with van der Waals surface area (Å²) in [6.07, 6.45) is 2.87. The van der Waals surface area contributed by atoms with Crippen LogP contribution in [-0.4, -0.2) is 99.4 Å². The van der Waals surface area contributed by atoms with Gasteiger partial charge in [0.05, 0.1) is 12.6 Å². The fourth-order valence-corrected chi connectivity index (χ4v) is 3.59. The number of methoxy groups -OCH3 is 1. The molecule has 7 nitrogen and oxygen atoms in total. The van der Waals surface area contributed by atoms with Crippen LogP contribution in [0.2, 0.25) is 0 Å². The van der Waals surface area contributed by atoms with Crippen molar-refractivity contribution >= 4 is 16.9 Å². The third-order valence-corrected chi connectivity index (χ3v) is 5.44. The molecule has 1 saturated heterocycles. The number of hydrogen-bond acceptors (Lipinski definition) is 5. The molecule has 0 unspecified atom stereocenters. The largest absolute Gasteiger partial charge is 0.497 e. The van der Waals surface area contributed by atoms with E-state index in [1.54, 1.807) is 11.7 Å². The summed E-state index contributed by atoms with van der Waals surface area (Å²) in [6.45, 7) is 6.77. The second kappa shape index (κ2) is 9.41. The van der Waals surface area contributed by atoms with Gasteiger partial charge in [0.2, 0.25) is 0 Å². The number of amides is 1. The molecule has 3 rings (SSSR count). The number of rotatable bonds is 7. The molecule has 28 heavy (non-hydrogen) atoms. The fourth-order valence-electron chi connectivity index (χ4n) is 3.59. The minimum atomic E-state index is -0.0801. The summed E-state index contributed by atoms with van der Waals surface area (Å²) in [7, 11) is 7.93. The highest BCUT2D eigenvalue weighted by molar-refractivity contribution is 5.94. The van der Waals surface area contributed by atoms with Gasteiger partial charge in [0, 0.05) is 64.9 Å². The normalized spacial score (nSPS) is 16.0. The summed E-state index contributed by atoms with van der Waals surface area (Å²) in [5, 5.41) is 4.19. The van der Waals surface area contributed by atoms with E-state index in [0.29, 0.717) is 6.54 Å². The highest BCUT2D eigenvalue weighted by Crippen LogP contribution is 2.26. The quantitative estimate of drug-likeness (QED) is 0.783. The lowest BCUT2D eigenvalue weighted by atomic mass is 10.1. The van der Waals surface area contributed by atoms with Crippen molar-refractivity contribution < 1.29 is 11.0 Å². The summed E-state index contributed by atoms with van der Waals surface area (Å²) < 4.78 is 7.10. The highest BCUT2D eigenvalue weighted by atomic mass is 16.5. The molecule has 0 atom stereocenters. The molecule has 0 aliphatic carbocycles. The van der Waals surface area contributed by atoms with E-state index < -0.39 is 0 Å². The van der Waals surface area contributed by atoms with Crippen molar-refractivity contribution in [2.24, 2.45) is 0 Å². The summed E-state index contributed by atoms with van der Waals surface area (Å²) in [6, 6.07) is 5.86. The Morgan fingerprint density at radius 3 is 2.68 bits per heavy atom. The molecule has 0 saturated carbocycles. The van der Waals surface area contributed by atoms with E-state index >= 15 is 0 Å². The van der Waals surface area contributed by atoms with Crippen LogP contribution in [0.4, 0.5) is 4.79 Å². The SMILES string of the molecule is COc1ccc2c(CCN(C)C)cn(C(=O)NCCN3CCN(C)CC3)c2c1.[HH]. The molecule has 0 bridgehead atoms. The summed E-state index contributed by atoms with van der Waals surface area (Å²) >= 11 is 0. The lowest BCUT2D eigenvalue weighted by Crippen LogP contribution is -2.47. The molecule has 2 aromatic rings. The number of carbonyl (C=O) groups excluding carboxylic acids is 1. The zero-order valence-electron chi connectivity index (χ0n) is 17.6. The smallest absolute Gasteiger partial charge is 0.326 e. The van der Waals surface area contributed by atoms with Crippen molar-refractivity contribution in [1.29, 1.82) is 0 Å². The Labute approximate surface area is 169 Å². The standard InChI is InChI=1S/C21H33N5O2.H2/c1-23(2)9-7-17-16-26(20-15-18(28-4)5-6-19(17)20)21(27)22-8-10-25-13-11-24(3)12-14-25;/h5-6,15-16H,7-14H2,1-4H3,(H,22,27);1H. The molecular weight excluding hydrogens is 354 g/mol. The second-order valence-corrected chi connectivity index (χ2v) is 7.84. The van der Waals surface area contributed by atoms with Crippen molar-refractivity contribution in [2.45, 2.75) is 6.42 Å². The fraction of sp³-hybridized carbons (Fsp3) is 0.571. The first-order valence-corrected chi connectivity index (χ1v) is 9.99. The summed E-state index contributed by atoms with van der Waals surface area (Å²) in [4.78, 5) is 19.8. The number of piperazine rings is 1. The van der Waals surface area contributed by atoms with Gasteiger partial charge in [0.25, 0.3) is 0 Å². The zero-order valence-corrected chi connectivity index (χ0v) is 17.6. The molecule has 1 aliphatic rings. The molecule has 0 spiro atoms. The van der Waals surface area contributed by atoms with Crippen LogP contribution in [0.1, 0.15) is 6.99 Å². The van der Waals surface area contributed by atoms with Crippen LogP contribution in [0.25, 0.3) is 10.9 Å². The third-order valence-electron chi connectivity index (χ3n) is 5.44. The summed E-state index contributed by atoms with van der Waals surface area (Å²) in [5.74, 6) is 0.760. The van der Waals surface area contributed by atoms with Crippen LogP contribution >= 0.6 is 0 Å². The van der Waals surface area contributed by atoms with Gasteiger partial charge in [-0.3, -0.25) is 9.47 Å². The topological polar surface area (TPSA) is 53.0 Å². The number of nitrogens with one attached hydrogen (secondary N) is 1. The number of hydrogen-bond donors (Lipinski definition) is 1. The molecule has 1 aromatic heterocycles. The van der Waals surface area contributed by atoms with Crippen LogP contribution in [-0.2, 0) is 6.42 Å². The molecule has 1 aromatic carbocycles. The Bertz CT molecular complexity index is 800. The van der Waals surface area contributed by atoms with E-state index in [4.69, 9.17) is 4.74 Å². The Morgan fingerprint density at radius 2 is 2.00 bits per heavy atom. The van der Waals surface area contributed by atoms with Crippen molar-refractivity contribution in [1.82, 2.24) is 24.6 Å². The van der Waals surface area contributed by atoms with E-state index in [1.807, 2.05) is 24.4 Å². The van der Waals surface area contributed by atoms with Gasteiger partial charge < -0.3 is 19.9 Å². The van der Waals surface area contributed by atoms with Crippen LogP contribution in [0.5, 0.6) is 5.75 Å². The Hall–Kier alpha value is -2.09. The van der Waals surface area contributed by atoms with Crippen LogP contribution in [0.15, 0.2) is 24.4 Å². The average molecular weight is 390 g/mol. The molecular formula is C21H35N5O2. The van der Waals surface area contributed by atoms with E-state index in [1.165, 1.54) is 5.56 Å². The second-order valence-electron chi connectivity index (χ2n) is 7.84. The monoisotopic (exact) mass is 389 g/mol. The van der Waals surface area contributed by atoms with Crippen LogP contribution < -0.4 is 10.1 Å². The van der Waals surface area contributed by atoms with Crippen molar-refractivity contribution in [3.63, 3.8) is 0 Å². The van der Waals surface area contributed by atoms with Crippen molar-refractivity contribution in [2.75, 3.05) is 74.1 Å². The van der Waals surface area contributed by atoms with Crippen LogP contribution in [0.3, 0.4) is 0 Å². The Kier molecular flexibility index (Phi) is 6.93. The maximum atomic E-state index is 12.9. The molecule has 2 heterocycles. The number of nitrogens with zero attached hydrogens (tertiary/aromatic N) is 4. The lowest BCUT2D eigenvalue weighted by Gasteiger charge is -2.32. The van der Waals surface area contributed by atoms with Gasteiger partial charge in [-0.05, 0) is 45.3 Å². The number of aromatic nitrogens is 1. The van der Waals surface area contributed by atoms with Gasteiger partial charge in [0.1, 0.15) is 5.75 Å². The molecule has 156 valence electrons.